The van der Waals surface area contributed by atoms with Gasteiger partial charge in [-0.1, -0.05) is 60.6 Å². The maximum absolute atomic E-state index is 14.1. The topological polar surface area (TPSA) is 133 Å². The first-order valence-electron chi connectivity index (χ1n) is 18.8. The number of hydrogen-bond acceptors (Lipinski definition) is 6. The third-order valence-corrected chi connectivity index (χ3v) is 15.7. The van der Waals surface area contributed by atoms with E-state index in [2.05, 4.69) is 53.4 Å². The summed E-state index contributed by atoms with van der Waals surface area (Å²) in [6.07, 6.45) is 8.84. The van der Waals surface area contributed by atoms with Gasteiger partial charge in [-0.05, 0) is 122 Å². The predicted octanol–water partition coefficient (Wildman–Crippen LogP) is 6.92. The van der Waals surface area contributed by atoms with Crippen molar-refractivity contribution in [3.8, 4) is 0 Å². The third kappa shape index (κ3) is 5.86. The van der Waals surface area contributed by atoms with E-state index in [0.29, 0.717) is 23.7 Å². The average Bonchev–Trinajstić information content (AvgIpc) is 3.38. The van der Waals surface area contributed by atoms with Crippen molar-refractivity contribution in [3.63, 3.8) is 0 Å². The number of aliphatic hydroxyl groups is 2. The highest BCUT2D eigenvalue weighted by atomic mass is 16.5. The van der Waals surface area contributed by atoms with Crippen LogP contribution in [-0.4, -0.2) is 58.5 Å². The molecule has 0 aromatic heterocycles. The minimum Gasteiger partial charge on any atom is -0.481 e. The molecule has 5 aliphatic rings. The van der Waals surface area contributed by atoms with Crippen molar-refractivity contribution in [1.29, 1.82) is 0 Å². The van der Waals surface area contributed by atoms with Gasteiger partial charge in [0.1, 0.15) is 6.10 Å². The molecule has 0 bridgehead atoms. The van der Waals surface area contributed by atoms with Crippen LogP contribution in [0.2, 0.25) is 0 Å². The molecular formula is C40H65NO7. The summed E-state index contributed by atoms with van der Waals surface area (Å²) in [6.45, 7) is 22.2. The fourth-order valence-corrected chi connectivity index (χ4v) is 13.2. The second-order valence-electron chi connectivity index (χ2n) is 19.1. The number of fused-ring (bicyclic) bond motifs is 7. The van der Waals surface area contributed by atoms with E-state index in [-0.39, 0.29) is 71.6 Å². The Morgan fingerprint density at radius 3 is 2.21 bits per heavy atom. The van der Waals surface area contributed by atoms with Gasteiger partial charge in [0, 0.05) is 12.0 Å². The van der Waals surface area contributed by atoms with Gasteiger partial charge in [0.05, 0.1) is 31.0 Å². The standard InChI is InChI=1S/C40H65NO7/c1-24(2)26-12-17-40(34(47)41-22-25(43)23-42)19-18-38(8)27(33(26)40)10-11-29-37(7)15-14-30(36(5,6)28(37)13-16-39(29,38)9)48-32(46)21-35(3,4)20-31(44)45/h25-30,33,42-43H,1,10-23H2,2-9H3,(H,41,47)(H,44,45)/t25?,26-,27?,28?,29?,30-,33?,37-,38+,39+,40-/m0/s1. The van der Waals surface area contributed by atoms with Crippen LogP contribution in [0.5, 0.6) is 0 Å². The quantitative estimate of drug-likeness (QED) is 0.146. The van der Waals surface area contributed by atoms with Crippen molar-refractivity contribution in [2.45, 2.75) is 145 Å². The van der Waals surface area contributed by atoms with Crippen LogP contribution in [0.15, 0.2) is 12.2 Å². The third-order valence-electron chi connectivity index (χ3n) is 15.7. The SMILES string of the molecule is C=C(C)[C@@H]1CC[C@]2(C(=O)NCC(O)CO)CC[C@]3(C)C(CCC4[C@@]5(C)CC[C@H](OC(=O)CC(C)(C)CC(=O)O)C(C)(C)C5CC[C@]43C)C12. The Hall–Kier alpha value is -1.93. The van der Waals surface area contributed by atoms with Crippen LogP contribution in [-0.2, 0) is 19.1 Å². The van der Waals surface area contributed by atoms with Crippen LogP contribution < -0.4 is 5.32 Å². The van der Waals surface area contributed by atoms with Gasteiger partial charge in [0.2, 0.25) is 5.91 Å². The number of nitrogens with one attached hydrogen (secondary N) is 1. The van der Waals surface area contributed by atoms with Crippen LogP contribution in [0.3, 0.4) is 0 Å². The molecule has 4 N–H and O–H groups in total. The van der Waals surface area contributed by atoms with Crippen LogP contribution in [0.1, 0.15) is 132 Å². The Bertz CT molecular complexity index is 1290. The highest BCUT2D eigenvalue weighted by Crippen LogP contribution is 2.77. The number of carboxylic acid groups (broad SMARTS) is 1. The number of aliphatic carboxylic acids is 1. The Balaban J connectivity index is 1.39. The van der Waals surface area contributed by atoms with E-state index in [1.54, 1.807) is 0 Å². The first-order valence-corrected chi connectivity index (χ1v) is 18.8. The van der Waals surface area contributed by atoms with Crippen molar-refractivity contribution in [1.82, 2.24) is 5.32 Å². The zero-order valence-electron chi connectivity index (χ0n) is 31.1. The molecule has 1 amide bonds. The molecule has 0 aliphatic heterocycles. The molecule has 0 saturated heterocycles. The molecule has 5 aliphatic carbocycles. The largest absolute Gasteiger partial charge is 0.481 e. The minimum atomic E-state index is -0.951. The van der Waals surface area contributed by atoms with Crippen molar-refractivity contribution < 1.29 is 34.4 Å². The Morgan fingerprint density at radius 1 is 0.896 bits per heavy atom. The molecule has 0 aromatic rings. The summed E-state index contributed by atoms with van der Waals surface area (Å²) >= 11 is 0. The Morgan fingerprint density at radius 2 is 1.58 bits per heavy atom. The van der Waals surface area contributed by atoms with Crippen molar-refractivity contribution in [3.05, 3.63) is 12.2 Å². The second-order valence-corrected chi connectivity index (χ2v) is 19.1. The normalized spacial score (nSPS) is 42.3. The molecule has 8 nitrogen and oxygen atoms in total. The predicted molar refractivity (Wildman–Crippen MR) is 186 cm³/mol. The number of aliphatic hydroxyl groups excluding tert-OH is 2. The van der Waals surface area contributed by atoms with Crippen LogP contribution in [0.25, 0.3) is 0 Å². The van der Waals surface area contributed by atoms with E-state index in [4.69, 9.17) is 4.74 Å². The maximum Gasteiger partial charge on any atom is 0.306 e. The fraction of sp³-hybridized carbons (Fsp3) is 0.875. The van der Waals surface area contributed by atoms with Gasteiger partial charge in [0.25, 0.3) is 0 Å². The monoisotopic (exact) mass is 671 g/mol. The number of allylic oxidation sites excluding steroid dienone is 1. The molecule has 0 heterocycles. The second kappa shape index (κ2) is 12.7. The van der Waals surface area contributed by atoms with Gasteiger partial charge in [-0.2, -0.15) is 0 Å². The molecule has 0 aromatic carbocycles. The maximum atomic E-state index is 14.1. The summed E-state index contributed by atoms with van der Waals surface area (Å²) in [5.74, 6) is 0.729. The number of ether oxygens (including phenoxy) is 1. The lowest BCUT2D eigenvalue weighted by Gasteiger charge is -2.72. The molecule has 0 spiro atoms. The van der Waals surface area contributed by atoms with Crippen molar-refractivity contribution in [2.24, 2.45) is 62.1 Å². The highest BCUT2D eigenvalue weighted by molar-refractivity contribution is 5.84. The van der Waals surface area contributed by atoms with Gasteiger partial charge in [-0.25, -0.2) is 0 Å². The summed E-state index contributed by atoms with van der Waals surface area (Å²) in [6, 6.07) is 0. The Kier molecular flexibility index (Phi) is 9.86. The van der Waals surface area contributed by atoms with Crippen LogP contribution in [0.4, 0.5) is 0 Å². The molecule has 0 radical (unpaired) electrons. The van der Waals surface area contributed by atoms with Gasteiger partial charge in [0.15, 0.2) is 0 Å². The number of hydrogen-bond donors (Lipinski definition) is 4. The van der Waals surface area contributed by atoms with E-state index in [1.807, 2.05) is 13.8 Å². The van der Waals surface area contributed by atoms with Crippen LogP contribution in [0, 0.1) is 62.1 Å². The van der Waals surface area contributed by atoms with E-state index < -0.39 is 22.9 Å². The molecular weight excluding hydrogens is 606 g/mol. The lowest BCUT2D eigenvalue weighted by Crippen LogP contribution is -2.67. The molecule has 48 heavy (non-hydrogen) atoms. The van der Waals surface area contributed by atoms with E-state index >= 15 is 0 Å². The van der Waals surface area contributed by atoms with Gasteiger partial charge < -0.3 is 25.4 Å². The first kappa shape index (κ1) is 37.3. The zero-order valence-corrected chi connectivity index (χ0v) is 31.1. The van der Waals surface area contributed by atoms with Gasteiger partial charge in [-0.3, -0.25) is 14.4 Å². The van der Waals surface area contributed by atoms with Gasteiger partial charge >= 0.3 is 11.9 Å². The summed E-state index contributed by atoms with van der Waals surface area (Å²) in [5.41, 5.74) is 0.149. The number of carbonyl (C=O) groups is 3. The average molecular weight is 672 g/mol. The summed E-state index contributed by atoms with van der Waals surface area (Å²) < 4.78 is 6.23. The number of rotatable bonds is 10. The van der Waals surface area contributed by atoms with Crippen molar-refractivity contribution in [2.75, 3.05) is 13.2 Å². The molecule has 11 atom stereocenters. The minimum absolute atomic E-state index is 0.0507. The van der Waals surface area contributed by atoms with Gasteiger partial charge in [-0.15, -0.1) is 0 Å². The molecule has 5 unspecified atom stereocenters. The fourth-order valence-electron chi connectivity index (χ4n) is 13.2. The lowest BCUT2D eigenvalue weighted by atomic mass is 9.32. The lowest BCUT2D eigenvalue weighted by molar-refractivity contribution is -0.249. The molecule has 5 saturated carbocycles. The number of amides is 1. The van der Waals surface area contributed by atoms with Crippen LogP contribution >= 0.6 is 0 Å². The molecule has 5 rings (SSSR count). The summed E-state index contributed by atoms with van der Waals surface area (Å²) in [5, 5.41) is 31.8. The number of carbonyl (C=O) groups excluding carboxylic acids is 2. The smallest absolute Gasteiger partial charge is 0.306 e. The molecule has 272 valence electrons. The van der Waals surface area contributed by atoms with Crippen molar-refractivity contribution >= 4 is 17.8 Å². The van der Waals surface area contributed by atoms with E-state index in [1.165, 1.54) is 5.57 Å². The Labute approximate surface area is 289 Å². The summed E-state index contributed by atoms with van der Waals surface area (Å²) in [4.78, 5) is 38.6. The highest BCUT2D eigenvalue weighted by Gasteiger charge is 2.72. The number of esters is 1. The molecule has 8 heteroatoms. The first-order chi connectivity index (χ1) is 22.2. The molecule has 5 fully saturated rings. The van der Waals surface area contributed by atoms with E-state index in [0.717, 1.165) is 64.2 Å². The summed E-state index contributed by atoms with van der Waals surface area (Å²) in [7, 11) is 0. The zero-order chi connectivity index (χ0) is 35.7. The van der Waals surface area contributed by atoms with E-state index in [9.17, 15) is 29.7 Å². The number of carboxylic acids is 1.